The maximum Gasteiger partial charge on any atom is 0.257 e. The highest BCUT2D eigenvalue weighted by Crippen LogP contribution is 2.32. The van der Waals surface area contributed by atoms with Gasteiger partial charge in [0.1, 0.15) is 0 Å². The van der Waals surface area contributed by atoms with E-state index in [1.807, 2.05) is 66.7 Å². The standard InChI is InChI=1S/C32H28N4O2/c1-2-30(37)35-26-14-10-22(11-15-26)16-18-33-21-23-8-12-25(13-9-23)31-27(24-6-4-3-5-7-24)20-28-29(36-31)17-19-34-32(28)38/h2-15,17,19-20,33H,1,16,18,21H2,(H,34,38)(H,35,37). The van der Waals surface area contributed by atoms with Crippen molar-refractivity contribution in [2.24, 2.45) is 0 Å². The molecule has 3 aromatic carbocycles. The molecule has 188 valence electrons. The number of hydrogen-bond acceptors (Lipinski definition) is 4. The summed E-state index contributed by atoms with van der Waals surface area (Å²) in [6.07, 6.45) is 3.77. The molecule has 0 unspecified atom stereocenters. The third-order valence-corrected chi connectivity index (χ3v) is 6.39. The molecule has 0 fully saturated rings. The maximum absolute atomic E-state index is 12.4. The fourth-order valence-corrected chi connectivity index (χ4v) is 4.36. The molecule has 0 aliphatic rings. The van der Waals surface area contributed by atoms with Gasteiger partial charge in [-0.25, -0.2) is 4.98 Å². The Morgan fingerprint density at radius 2 is 1.63 bits per heavy atom. The van der Waals surface area contributed by atoms with Gasteiger partial charge in [0.25, 0.3) is 5.56 Å². The molecule has 5 rings (SSSR count). The number of fused-ring (bicyclic) bond motifs is 1. The van der Waals surface area contributed by atoms with E-state index in [-0.39, 0.29) is 11.5 Å². The van der Waals surface area contributed by atoms with E-state index >= 15 is 0 Å². The first-order valence-corrected chi connectivity index (χ1v) is 12.5. The number of nitrogens with zero attached hydrogens (tertiary/aromatic N) is 1. The quantitative estimate of drug-likeness (QED) is 0.179. The minimum absolute atomic E-state index is 0.143. The summed E-state index contributed by atoms with van der Waals surface area (Å²) < 4.78 is 0. The molecule has 5 aromatic rings. The molecule has 3 N–H and O–H groups in total. The van der Waals surface area contributed by atoms with E-state index in [0.717, 1.165) is 47.6 Å². The van der Waals surface area contributed by atoms with Gasteiger partial charge in [-0.2, -0.15) is 0 Å². The van der Waals surface area contributed by atoms with Crippen molar-refractivity contribution in [3.63, 3.8) is 0 Å². The number of H-pyrrole nitrogens is 1. The molecular formula is C32H28N4O2. The SMILES string of the molecule is C=CC(=O)Nc1ccc(CCNCc2ccc(-c3nc4cc[nH]c(=O)c4cc3-c3ccccc3)cc2)cc1. The van der Waals surface area contributed by atoms with Crippen LogP contribution in [0.25, 0.3) is 33.3 Å². The Hall–Kier alpha value is -4.81. The predicted molar refractivity (Wildman–Crippen MR) is 154 cm³/mol. The van der Waals surface area contributed by atoms with E-state index in [1.54, 1.807) is 6.20 Å². The highest BCUT2D eigenvalue weighted by molar-refractivity contribution is 5.98. The molecule has 0 spiro atoms. The summed E-state index contributed by atoms with van der Waals surface area (Å²) >= 11 is 0. The van der Waals surface area contributed by atoms with Crippen molar-refractivity contribution in [3.05, 3.63) is 131 Å². The van der Waals surface area contributed by atoms with E-state index in [1.165, 1.54) is 17.2 Å². The molecule has 6 nitrogen and oxygen atoms in total. The van der Waals surface area contributed by atoms with Crippen LogP contribution >= 0.6 is 0 Å². The van der Waals surface area contributed by atoms with Crippen molar-refractivity contribution in [2.45, 2.75) is 13.0 Å². The molecule has 0 saturated carbocycles. The first-order chi connectivity index (χ1) is 18.6. The van der Waals surface area contributed by atoms with Gasteiger partial charge >= 0.3 is 0 Å². The lowest BCUT2D eigenvalue weighted by Crippen LogP contribution is -2.16. The largest absolute Gasteiger partial charge is 0.328 e. The molecule has 2 heterocycles. The molecule has 0 saturated heterocycles. The van der Waals surface area contributed by atoms with Gasteiger partial charge in [0, 0.05) is 29.6 Å². The number of aromatic amines is 1. The molecule has 2 aromatic heterocycles. The Bertz CT molecular complexity index is 1620. The number of benzene rings is 3. The number of anilines is 1. The first kappa shape index (κ1) is 24.9. The third-order valence-electron chi connectivity index (χ3n) is 6.39. The fourth-order valence-electron chi connectivity index (χ4n) is 4.36. The van der Waals surface area contributed by atoms with Gasteiger partial charge in [-0.3, -0.25) is 9.59 Å². The van der Waals surface area contributed by atoms with E-state index in [2.05, 4.69) is 46.5 Å². The van der Waals surface area contributed by atoms with Crippen LogP contribution in [0.3, 0.4) is 0 Å². The molecule has 1 amide bonds. The lowest BCUT2D eigenvalue weighted by Gasteiger charge is -2.12. The lowest BCUT2D eigenvalue weighted by atomic mass is 9.97. The summed E-state index contributed by atoms with van der Waals surface area (Å²) in [7, 11) is 0. The number of aromatic nitrogens is 2. The lowest BCUT2D eigenvalue weighted by molar-refractivity contribution is -0.111. The molecule has 0 bridgehead atoms. The number of amides is 1. The van der Waals surface area contributed by atoms with E-state index in [0.29, 0.717) is 10.9 Å². The van der Waals surface area contributed by atoms with Crippen LogP contribution in [0, 0.1) is 0 Å². The zero-order valence-corrected chi connectivity index (χ0v) is 20.9. The molecule has 0 aliphatic heterocycles. The van der Waals surface area contributed by atoms with Crippen molar-refractivity contribution in [2.75, 3.05) is 11.9 Å². The first-order valence-electron chi connectivity index (χ1n) is 12.5. The predicted octanol–water partition coefficient (Wildman–Crippen LogP) is 5.71. The van der Waals surface area contributed by atoms with E-state index in [4.69, 9.17) is 4.98 Å². The number of nitrogens with one attached hydrogen (secondary N) is 3. The summed E-state index contributed by atoms with van der Waals surface area (Å²) in [5.74, 6) is -0.214. The van der Waals surface area contributed by atoms with Gasteiger partial charge in [-0.15, -0.1) is 0 Å². The van der Waals surface area contributed by atoms with Crippen LogP contribution in [0.1, 0.15) is 11.1 Å². The minimum atomic E-state index is -0.214. The Morgan fingerprint density at radius 1 is 0.895 bits per heavy atom. The Labute approximate surface area is 221 Å². The number of rotatable bonds is 9. The van der Waals surface area contributed by atoms with Crippen LogP contribution in [0.2, 0.25) is 0 Å². The summed E-state index contributed by atoms with van der Waals surface area (Å²) in [6.45, 7) is 5.05. The minimum Gasteiger partial charge on any atom is -0.328 e. The van der Waals surface area contributed by atoms with Crippen molar-refractivity contribution in [1.29, 1.82) is 0 Å². The topological polar surface area (TPSA) is 86.9 Å². The number of hydrogen-bond donors (Lipinski definition) is 3. The smallest absolute Gasteiger partial charge is 0.257 e. The van der Waals surface area contributed by atoms with E-state index in [9.17, 15) is 9.59 Å². The molecule has 38 heavy (non-hydrogen) atoms. The summed E-state index contributed by atoms with van der Waals surface area (Å²) in [5.41, 5.74) is 7.45. The van der Waals surface area contributed by atoms with Crippen molar-refractivity contribution in [1.82, 2.24) is 15.3 Å². The Balaban J connectivity index is 1.27. The number of carbonyl (C=O) groups is 1. The van der Waals surface area contributed by atoms with Crippen molar-refractivity contribution >= 4 is 22.5 Å². The Morgan fingerprint density at radius 3 is 2.37 bits per heavy atom. The van der Waals surface area contributed by atoms with Crippen molar-refractivity contribution < 1.29 is 4.79 Å². The number of carbonyl (C=O) groups excluding carboxylic acids is 1. The van der Waals surface area contributed by atoms with Gasteiger partial charge in [0.2, 0.25) is 5.91 Å². The highest BCUT2D eigenvalue weighted by Gasteiger charge is 2.13. The maximum atomic E-state index is 12.4. The highest BCUT2D eigenvalue weighted by atomic mass is 16.1. The summed E-state index contributed by atoms with van der Waals surface area (Å²) in [6, 6.07) is 30.0. The Kier molecular flexibility index (Phi) is 7.52. The second-order valence-electron chi connectivity index (χ2n) is 9.00. The monoisotopic (exact) mass is 500 g/mol. The van der Waals surface area contributed by atoms with Crippen LogP contribution < -0.4 is 16.2 Å². The van der Waals surface area contributed by atoms with Crippen LogP contribution in [0.4, 0.5) is 5.69 Å². The van der Waals surface area contributed by atoms with Gasteiger partial charge in [0.05, 0.1) is 16.6 Å². The van der Waals surface area contributed by atoms with Gasteiger partial charge in [0.15, 0.2) is 0 Å². The zero-order valence-electron chi connectivity index (χ0n) is 20.9. The van der Waals surface area contributed by atoms with Gasteiger partial charge < -0.3 is 15.6 Å². The molecule has 0 aliphatic carbocycles. The molecule has 0 radical (unpaired) electrons. The number of pyridine rings is 2. The summed E-state index contributed by atoms with van der Waals surface area (Å²) in [5, 5.41) is 6.83. The molecule has 0 atom stereocenters. The van der Waals surface area contributed by atoms with Gasteiger partial charge in [-0.1, -0.05) is 73.3 Å². The van der Waals surface area contributed by atoms with Crippen LogP contribution in [-0.4, -0.2) is 22.4 Å². The average Bonchev–Trinajstić information content (AvgIpc) is 2.96. The molecular weight excluding hydrogens is 472 g/mol. The fraction of sp³-hybridized carbons (Fsp3) is 0.0938. The summed E-state index contributed by atoms with van der Waals surface area (Å²) in [4.78, 5) is 31.4. The average molecular weight is 501 g/mol. The van der Waals surface area contributed by atoms with Crippen LogP contribution in [0.15, 0.2) is 115 Å². The van der Waals surface area contributed by atoms with Crippen LogP contribution in [0.5, 0.6) is 0 Å². The second-order valence-corrected chi connectivity index (χ2v) is 9.00. The molecule has 6 heteroatoms. The van der Waals surface area contributed by atoms with Gasteiger partial charge in [-0.05, 0) is 60.0 Å². The zero-order chi connectivity index (χ0) is 26.3. The second kappa shape index (κ2) is 11.5. The van der Waals surface area contributed by atoms with Crippen molar-refractivity contribution in [3.8, 4) is 22.4 Å². The normalized spacial score (nSPS) is 10.8. The van der Waals surface area contributed by atoms with Crippen LogP contribution in [-0.2, 0) is 17.8 Å². The third kappa shape index (κ3) is 5.77. The van der Waals surface area contributed by atoms with E-state index < -0.39 is 0 Å².